The second-order valence-electron chi connectivity index (χ2n) is 6.58. The first kappa shape index (κ1) is 17.2. The van der Waals surface area contributed by atoms with Gasteiger partial charge < -0.3 is 10.2 Å². The standard InChI is InChI=1S/C21H24N2O2/c1-15-7-3-4-9-18(15)14-22-21(25)13-20-19-10-6-5-8-17(19)11-12-23(20)16(2)24/h3-10,20H,11-14H2,1-2H3,(H,22,25). The Balaban J connectivity index is 1.72. The van der Waals surface area contributed by atoms with Crippen molar-refractivity contribution in [3.8, 4) is 0 Å². The third kappa shape index (κ3) is 3.90. The van der Waals surface area contributed by atoms with Crippen LogP contribution in [0, 0.1) is 6.92 Å². The van der Waals surface area contributed by atoms with Crippen LogP contribution in [0.25, 0.3) is 0 Å². The van der Waals surface area contributed by atoms with Gasteiger partial charge in [-0.25, -0.2) is 0 Å². The highest BCUT2D eigenvalue weighted by Gasteiger charge is 2.30. The zero-order valence-corrected chi connectivity index (χ0v) is 14.8. The summed E-state index contributed by atoms with van der Waals surface area (Å²) in [6.07, 6.45) is 1.14. The van der Waals surface area contributed by atoms with Crippen molar-refractivity contribution in [2.45, 2.75) is 39.3 Å². The van der Waals surface area contributed by atoms with Gasteiger partial charge >= 0.3 is 0 Å². The zero-order valence-electron chi connectivity index (χ0n) is 14.8. The van der Waals surface area contributed by atoms with E-state index < -0.39 is 0 Å². The number of nitrogens with zero attached hydrogens (tertiary/aromatic N) is 1. The number of rotatable bonds is 4. The molecular weight excluding hydrogens is 312 g/mol. The first-order valence-electron chi connectivity index (χ1n) is 8.72. The van der Waals surface area contributed by atoms with Crippen LogP contribution in [0.2, 0.25) is 0 Å². The lowest BCUT2D eigenvalue weighted by molar-refractivity contribution is -0.133. The van der Waals surface area contributed by atoms with E-state index in [2.05, 4.69) is 11.4 Å². The van der Waals surface area contributed by atoms with Crippen LogP contribution in [0.4, 0.5) is 0 Å². The van der Waals surface area contributed by atoms with E-state index in [1.165, 1.54) is 5.56 Å². The van der Waals surface area contributed by atoms with Crippen LogP contribution in [0.5, 0.6) is 0 Å². The van der Waals surface area contributed by atoms with Crippen molar-refractivity contribution in [1.29, 1.82) is 0 Å². The molecule has 0 aliphatic carbocycles. The molecule has 0 fully saturated rings. The minimum Gasteiger partial charge on any atom is -0.352 e. The fourth-order valence-corrected chi connectivity index (χ4v) is 3.50. The lowest BCUT2D eigenvalue weighted by Crippen LogP contribution is -2.41. The number of aryl methyl sites for hydroxylation is 1. The Morgan fingerprint density at radius 1 is 1.12 bits per heavy atom. The molecule has 1 heterocycles. The highest BCUT2D eigenvalue weighted by atomic mass is 16.2. The van der Waals surface area contributed by atoms with Gasteiger partial charge in [0, 0.05) is 20.0 Å². The topological polar surface area (TPSA) is 49.4 Å². The number of carbonyl (C=O) groups excluding carboxylic acids is 2. The maximum Gasteiger partial charge on any atom is 0.222 e. The number of fused-ring (bicyclic) bond motifs is 1. The molecule has 4 nitrogen and oxygen atoms in total. The Kier molecular flexibility index (Phi) is 5.17. The van der Waals surface area contributed by atoms with Gasteiger partial charge in [0.1, 0.15) is 0 Å². The number of carbonyl (C=O) groups is 2. The van der Waals surface area contributed by atoms with Crippen LogP contribution in [0.3, 0.4) is 0 Å². The average molecular weight is 336 g/mol. The fourth-order valence-electron chi connectivity index (χ4n) is 3.50. The zero-order chi connectivity index (χ0) is 17.8. The van der Waals surface area contributed by atoms with Gasteiger partial charge in [-0.2, -0.15) is 0 Å². The lowest BCUT2D eigenvalue weighted by atomic mass is 9.90. The van der Waals surface area contributed by atoms with Crippen molar-refractivity contribution in [3.05, 3.63) is 70.8 Å². The van der Waals surface area contributed by atoms with Crippen molar-refractivity contribution in [1.82, 2.24) is 10.2 Å². The van der Waals surface area contributed by atoms with E-state index in [1.54, 1.807) is 6.92 Å². The fraction of sp³-hybridized carbons (Fsp3) is 0.333. The van der Waals surface area contributed by atoms with Gasteiger partial charge in [-0.1, -0.05) is 48.5 Å². The molecule has 1 unspecified atom stereocenters. The van der Waals surface area contributed by atoms with Gasteiger partial charge in [-0.3, -0.25) is 9.59 Å². The Bertz CT molecular complexity index is 785. The van der Waals surface area contributed by atoms with Crippen LogP contribution in [-0.2, 0) is 22.6 Å². The van der Waals surface area contributed by atoms with Crippen LogP contribution in [0.1, 0.15) is 41.6 Å². The van der Waals surface area contributed by atoms with E-state index in [1.807, 2.05) is 54.3 Å². The number of hydrogen-bond acceptors (Lipinski definition) is 2. The highest BCUT2D eigenvalue weighted by Crippen LogP contribution is 2.32. The largest absolute Gasteiger partial charge is 0.352 e. The molecule has 2 amide bonds. The highest BCUT2D eigenvalue weighted by molar-refractivity contribution is 5.79. The van der Waals surface area contributed by atoms with Crippen molar-refractivity contribution in [2.24, 2.45) is 0 Å². The molecule has 1 aliphatic heterocycles. The van der Waals surface area contributed by atoms with Gasteiger partial charge in [0.15, 0.2) is 0 Å². The molecule has 4 heteroatoms. The van der Waals surface area contributed by atoms with E-state index in [-0.39, 0.29) is 17.9 Å². The molecule has 0 spiro atoms. The van der Waals surface area contributed by atoms with E-state index in [0.717, 1.165) is 23.1 Å². The summed E-state index contributed by atoms with van der Waals surface area (Å²) in [4.78, 5) is 26.4. The first-order chi connectivity index (χ1) is 12.1. The molecule has 25 heavy (non-hydrogen) atoms. The maximum atomic E-state index is 12.5. The monoisotopic (exact) mass is 336 g/mol. The lowest BCUT2D eigenvalue weighted by Gasteiger charge is -2.36. The number of amides is 2. The maximum absolute atomic E-state index is 12.5. The first-order valence-corrected chi connectivity index (χ1v) is 8.72. The van der Waals surface area contributed by atoms with Crippen molar-refractivity contribution in [3.63, 3.8) is 0 Å². The molecule has 0 saturated carbocycles. The number of hydrogen-bond donors (Lipinski definition) is 1. The molecule has 2 aromatic carbocycles. The Hall–Kier alpha value is -2.62. The molecule has 3 rings (SSSR count). The molecule has 130 valence electrons. The van der Waals surface area contributed by atoms with Crippen molar-refractivity contribution >= 4 is 11.8 Å². The van der Waals surface area contributed by atoms with E-state index >= 15 is 0 Å². The quantitative estimate of drug-likeness (QED) is 0.932. The summed E-state index contributed by atoms with van der Waals surface area (Å²) in [6, 6.07) is 15.9. The molecule has 0 aromatic heterocycles. The summed E-state index contributed by atoms with van der Waals surface area (Å²) < 4.78 is 0. The molecule has 0 radical (unpaired) electrons. The minimum atomic E-state index is -0.181. The normalized spacial score (nSPS) is 16.2. The van der Waals surface area contributed by atoms with Crippen molar-refractivity contribution < 1.29 is 9.59 Å². The van der Waals surface area contributed by atoms with Gasteiger partial charge in [-0.05, 0) is 35.6 Å². The molecule has 0 bridgehead atoms. The average Bonchev–Trinajstić information content (AvgIpc) is 2.61. The number of benzene rings is 2. The Labute approximate surface area is 148 Å². The third-order valence-corrected chi connectivity index (χ3v) is 4.93. The van der Waals surface area contributed by atoms with Crippen molar-refractivity contribution in [2.75, 3.05) is 6.54 Å². The molecule has 1 aliphatic rings. The summed E-state index contributed by atoms with van der Waals surface area (Å²) in [5, 5.41) is 3.00. The smallest absolute Gasteiger partial charge is 0.222 e. The van der Waals surface area contributed by atoms with Gasteiger partial charge in [0.2, 0.25) is 11.8 Å². The molecule has 0 saturated heterocycles. The predicted molar refractivity (Wildman–Crippen MR) is 97.9 cm³/mol. The van der Waals surface area contributed by atoms with E-state index in [4.69, 9.17) is 0 Å². The summed E-state index contributed by atoms with van der Waals surface area (Å²) in [5.41, 5.74) is 4.60. The molecule has 1 atom stereocenters. The number of nitrogens with one attached hydrogen (secondary N) is 1. The second kappa shape index (κ2) is 7.51. The van der Waals surface area contributed by atoms with Gasteiger partial charge in [-0.15, -0.1) is 0 Å². The molecular formula is C21H24N2O2. The minimum absolute atomic E-state index is 0.0196. The van der Waals surface area contributed by atoms with E-state index in [0.29, 0.717) is 19.5 Å². The van der Waals surface area contributed by atoms with E-state index in [9.17, 15) is 9.59 Å². The van der Waals surface area contributed by atoms with Crippen LogP contribution in [-0.4, -0.2) is 23.3 Å². The summed E-state index contributed by atoms with van der Waals surface area (Å²) >= 11 is 0. The SMILES string of the molecule is CC(=O)N1CCc2ccccc2C1CC(=O)NCc1ccccc1C. The van der Waals surface area contributed by atoms with Gasteiger partial charge in [0.05, 0.1) is 12.5 Å². The second-order valence-corrected chi connectivity index (χ2v) is 6.58. The molecule has 2 aromatic rings. The van der Waals surface area contributed by atoms with Crippen LogP contribution in [0.15, 0.2) is 48.5 Å². The predicted octanol–water partition coefficient (Wildman–Crippen LogP) is 3.15. The summed E-state index contributed by atoms with van der Waals surface area (Å²) in [6.45, 7) is 4.80. The third-order valence-electron chi connectivity index (χ3n) is 4.93. The Morgan fingerprint density at radius 3 is 2.60 bits per heavy atom. The molecule has 1 N–H and O–H groups in total. The summed E-state index contributed by atoms with van der Waals surface area (Å²) in [5.74, 6) is -0.0117. The Morgan fingerprint density at radius 2 is 1.84 bits per heavy atom. The van der Waals surface area contributed by atoms with Crippen LogP contribution < -0.4 is 5.32 Å². The van der Waals surface area contributed by atoms with Gasteiger partial charge in [0.25, 0.3) is 0 Å². The summed E-state index contributed by atoms with van der Waals surface area (Å²) in [7, 11) is 0. The van der Waals surface area contributed by atoms with Crippen LogP contribution >= 0.6 is 0 Å².